The van der Waals surface area contributed by atoms with E-state index < -0.39 is 0 Å². The Morgan fingerprint density at radius 2 is 2.20 bits per heavy atom. The molecular weight excluding hydrogens is 274 g/mol. The molecule has 3 rings (SSSR count). The molecule has 4 nitrogen and oxygen atoms in total. The van der Waals surface area contributed by atoms with Gasteiger partial charge in [-0.25, -0.2) is 4.98 Å². The lowest BCUT2D eigenvalue weighted by atomic mass is 10.1. The highest BCUT2D eigenvalue weighted by molar-refractivity contribution is 6.63. The molecule has 0 N–H and O–H groups in total. The zero-order valence-corrected chi connectivity index (χ0v) is 12.1. The van der Waals surface area contributed by atoms with Crippen molar-refractivity contribution in [1.82, 2.24) is 14.5 Å². The molecule has 0 saturated heterocycles. The quantitative estimate of drug-likeness (QED) is 0.694. The number of benzene rings is 1. The van der Waals surface area contributed by atoms with Gasteiger partial charge in [-0.3, -0.25) is 9.78 Å². The normalized spacial score (nSPS) is 12.9. The molecule has 0 saturated carbocycles. The Kier molecular flexibility index (Phi) is 3.18. The number of halogens is 1. The van der Waals surface area contributed by atoms with Crippen molar-refractivity contribution in [3.05, 3.63) is 36.3 Å². The van der Waals surface area contributed by atoms with Crippen molar-refractivity contribution >= 4 is 38.8 Å². The van der Waals surface area contributed by atoms with Crippen LogP contribution in [0.4, 0.5) is 0 Å². The molecule has 0 fully saturated rings. The van der Waals surface area contributed by atoms with Gasteiger partial charge in [0.15, 0.2) is 0 Å². The second-order valence-corrected chi connectivity index (χ2v) is 5.41. The van der Waals surface area contributed by atoms with Crippen LogP contribution in [0.5, 0.6) is 0 Å². The van der Waals surface area contributed by atoms with Gasteiger partial charge in [-0.2, -0.15) is 0 Å². The second-order valence-electron chi connectivity index (χ2n) is 4.99. The number of carbonyl (C=O) groups is 1. The number of pyridine rings is 1. The number of fused-ring (bicyclic) bond motifs is 3. The molecule has 5 heteroatoms. The van der Waals surface area contributed by atoms with Gasteiger partial charge in [-0.1, -0.05) is 6.92 Å². The summed E-state index contributed by atoms with van der Waals surface area (Å²) >= 11 is 5.48. The minimum Gasteiger partial charge on any atom is -0.331 e. The molecule has 2 aromatic heterocycles. The fraction of sp³-hybridized carbons (Fsp3) is 0.267. The minimum atomic E-state index is -0.337. The Hall–Kier alpha value is -1.94. The van der Waals surface area contributed by atoms with Crippen molar-refractivity contribution in [2.45, 2.75) is 19.3 Å². The summed E-state index contributed by atoms with van der Waals surface area (Å²) in [6.07, 6.45) is 2.06. The molecule has 1 atom stereocenters. The van der Waals surface area contributed by atoms with Crippen LogP contribution in [0, 0.1) is 0 Å². The van der Waals surface area contributed by atoms with Crippen LogP contribution >= 0.6 is 11.6 Å². The van der Waals surface area contributed by atoms with E-state index in [-0.39, 0.29) is 17.6 Å². The SMILES string of the molecule is CC(CC(=O)Cl)c1nc2c3cccnc3ccc2n1C. The third-order valence-corrected chi connectivity index (χ3v) is 3.73. The third-order valence-electron chi connectivity index (χ3n) is 3.57. The van der Waals surface area contributed by atoms with Crippen LogP contribution < -0.4 is 0 Å². The number of imidazole rings is 1. The molecular formula is C15H14ClN3O. The standard InChI is InChI=1S/C15H14ClN3O/c1-9(8-13(16)20)15-18-14-10-4-3-7-17-11(10)5-6-12(14)19(15)2/h3-7,9H,8H2,1-2H3. The van der Waals surface area contributed by atoms with E-state index in [1.165, 1.54) is 0 Å². The van der Waals surface area contributed by atoms with E-state index in [0.717, 1.165) is 27.8 Å². The lowest BCUT2D eigenvalue weighted by molar-refractivity contribution is -0.112. The molecule has 102 valence electrons. The highest BCUT2D eigenvalue weighted by Crippen LogP contribution is 2.28. The van der Waals surface area contributed by atoms with E-state index in [1.54, 1.807) is 6.20 Å². The van der Waals surface area contributed by atoms with Crippen LogP contribution in [0.1, 0.15) is 25.1 Å². The minimum absolute atomic E-state index is 0.0101. The first-order valence-electron chi connectivity index (χ1n) is 6.46. The zero-order chi connectivity index (χ0) is 14.3. The first kappa shape index (κ1) is 13.1. The van der Waals surface area contributed by atoms with Crippen molar-refractivity contribution < 1.29 is 4.79 Å². The molecule has 20 heavy (non-hydrogen) atoms. The lowest BCUT2D eigenvalue weighted by Crippen LogP contribution is -2.05. The third kappa shape index (κ3) is 2.06. The number of carbonyl (C=O) groups excluding carboxylic acids is 1. The molecule has 1 unspecified atom stereocenters. The second kappa shape index (κ2) is 4.87. The summed E-state index contributed by atoms with van der Waals surface area (Å²) in [5.41, 5.74) is 2.88. The van der Waals surface area contributed by atoms with E-state index in [2.05, 4.69) is 4.98 Å². The van der Waals surface area contributed by atoms with Gasteiger partial charge in [0, 0.05) is 31.0 Å². The van der Waals surface area contributed by atoms with Crippen molar-refractivity contribution in [2.24, 2.45) is 7.05 Å². The summed E-state index contributed by atoms with van der Waals surface area (Å²) in [7, 11) is 1.96. The van der Waals surface area contributed by atoms with Crippen molar-refractivity contribution in [1.29, 1.82) is 0 Å². The summed E-state index contributed by atoms with van der Waals surface area (Å²) in [5.74, 6) is 0.856. The number of hydrogen-bond donors (Lipinski definition) is 0. The van der Waals surface area contributed by atoms with Crippen LogP contribution in [-0.4, -0.2) is 19.8 Å². The maximum Gasteiger partial charge on any atom is 0.222 e. The van der Waals surface area contributed by atoms with Gasteiger partial charge in [0.2, 0.25) is 5.24 Å². The maximum absolute atomic E-state index is 11.1. The molecule has 0 aliphatic carbocycles. The Balaban J connectivity index is 2.23. The molecule has 1 aromatic carbocycles. The fourth-order valence-electron chi connectivity index (χ4n) is 2.60. The van der Waals surface area contributed by atoms with Crippen LogP contribution in [-0.2, 0) is 11.8 Å². The van der Waals surface area contributed by atoms with Gasteiger partial charge in [-0.05, 0) is 35.9 Å². The van der Waals surface area contributed by atoms with Crippen LogP contribution in [0.25, 0.3) is 21.9 Å². The molecule has 0 spiro atoms. The highest BCUT2D eigenvalue weighted by atomic mass is 35.5. The zero-order valence-electron chi connectivity index (χ0n) is 11.3. The Morgan fingerprint density at radius 1 is 1.40 bits per heavy atom. The molecule has 0 amide bonds. The molecule has 0 aliphatic heterocycles. The van der Waals surface area contributed by atoms with Gasteiger partial charge in [0.1, 0.15) is 5.82 Å². The van der Waals surface area contributed by atoms with Crippen LogP contribution in [0.15, 0.2) is 30.5 Å². The van der Waals surface area contributed by atoms with E-state index in [1.807, 2.05) is 42.8 Å². The number of nitrogens with zero attached hydrogens (tertiary/aromatic N) is 3. The van der Waals surface area contributed by atoms with Crippen molar-refractivity contribution in [2.75, 3.05) is 0 Å². The predicted octanol–water partition coefficient (Wildman–Crippen LogP) is 3.38. The monoisotopic (exact) mass is 287 g/mol. The van der Waals surface area contributed by atoms with Gasteiger partial charge in [-0.15, -0.1) is 0 Å². The summed E-state index contributed by atoms with van der Waals surface area (Å²) in [5, 5.41) is 0.687. The van der Waals surface area contributed by atoms with Gasteiger partial charge in [0.05, 0.1) is 16.6 Å². The first-order chi connectivity index (χ1) is 9.58. The Morgan fingerprint density at radius 3 is 2.95 bits per heavy atom. The molecule has 0 bridgehead atoms. The fourth-order valence-corrected chi connectivity index (χ4v) is 2.83. The first-order valence-corrected chi connectivity index (χ1v) is 6.84. The average Bonchev–Trinajstić information content (AvgIpc) is 2.76. The predicted molar refractivity (Wildman–Crippen MR) is 79.9 cm³/mol. The molecule has 0 radical (unpaired) electrons. The summed E-state index contributed by atoms with van der Waals surface area (Å²) < 4.78 is 2.02. The Bertz CT molecular complexity index is 809. The number of aryl methyl sites for hydroxylation is 1. The number of hydrogen-bond acceptors (Lipinski definition) is 3. The lowest BCUT2D eigenvalue weighted by Gasteiger charge is -2.08. The van der Waals surface area contributed by atoms with Crippen LogP contribution in [0.3, 0.4) is 0 Å². The van der Waals surface area contributed by atoms with Gasteiger partial charge < -0.3 is 4.57 Å². The van der Waals surface area contributed by atoms with E-state index >= 15 is 0 Å². The summed E-state index contributed by atoms with van der Waals surface area (Å²) in [6, 6.07) is 7.91. The summed E-state index contributed by atoms with van der Waals surface area (Å²) in [4.78, 5) is 20.1. The number of rotatable bonds is 3. The van der Waals surface area contributed by atoms with Gasteiger partial charge in [0.25, 0.3) is 0 Å². The average molecular weight is 288 g/mol. The molecule has 0 aliphatic rings. The van der Waals surface area contributed by atoms with E-state index in [0.29, 0.717) is 0 Å². The van der Waals surface area contributed by atoms with Crippen molar-refractivity contribution in [3.63, 3.8) is 0 Å². The maximum atomic E-state index is 11.1. The largest absolute Gasteiger partial charge is 0.331 e. The molecule has 2 heterocycles. The highest BCUT2D eigenvalue weighted by Gasteiger charge is 2.18. The van der Waals surface area contributed by atoms with Gasteiger partial charge >= 0.3 is 0 Å². The van der Waals surface area contributed by atoms with Crippen LogP contribution in [0.2, 0.25) is 0 Å². The van der Waals surface area contributed by atoms with E-state index in [9.17, 15) is 4.79 Å². The molecule has 3 aromatic rings. The summed E-state index contributed by atoms with van der Waals surface area (Å²) in [6.45, 7) is 1.96. The smallest absolute Gasteiger partial charge is 0.222 e. The topological polar surface area (TPSA) is 47.8 Å². The van der Waals surface area contributed by atoms with Crippen molar-refractivity contribution in [3.8, 4) is 0 Å². The van der Waals surface area contributed by atoms with E-state index in [4.69, 9.17) is 16.6 Å². The Labute approximate surface area is 121 Å². The number of aromatic nitrogens is 3.